The third-order valence-corrected chi connectivity index (χ3v) is 3.51. The highest BCUT2D eigenvalue weighted by Gasteiger charge is 2.14. The predicted molar refractivity (Wildman–Crippen MR) is 73.5 cm³/mol. The fraction of sp³-hybridized carbons (Fsp3) is 0.667. The van der Waals surface area contributed by atoms with Gasteiger partial charge in [0.15, 0.2) is 0 Å². The minimum absolute atomic E-state index is 0.688. The van der Waals surface area contributed by atoms with E-state index >= 15 is 0 Å². The summed E-state index contributed by atoms with van der Waals surface area (Å²) in [6.45, 7) is 6.50. The molecule has 0 unspecified atom stereocenters. The number of nitrogens with two attached hydrogens (primary N) is 1. The Morgan fingerprint density at radius 2 is 2.11 bits per heavy atom. The number of hydrogen-bond donors (Lipinski definition) is 2. The van der Waals surface area contributed by atoms with E-state index in [4.69, 9.17) is 5.84 Å². The molecular weight excluding hydrogens is 228 g/mol. The van der Waals surface area contributed by atoms with Gasteiger partial charge in [-0.05, 0) is 32.9 Å². The van der Waals surface area contributed by atoms with Gasteiger partial charge in [-0.25, -0.2) is 15.8 Å². The monoisotopic (exact) mass is 250 g/mol. The van der Waals surface area contributed by atoms with Gasteiger partial charge < -0.3 is 15.2 Å². The second-order valence-electron chi connectivity index (χ2n) is 4.79. The molecule has 6 heteroatoms. The third kappa shape index (κ3) is 2.88. The average Bonchev–Trinajstić information content (AvgIpc) is 2.89. The van der Waals surface area contributed by atoms with Crippen LogP contribution in [0.2, 0.25) is 0 Å². The van der Waals surface area contributed by atoms with Crippen LogP contribution in [-0.4, -0.2) is 48.1 Å². The van der Waals surface area contributed by atoms with Crippen molar-refractivity contribution in [2.75, 3.05) is 43.6 Å². The molecule has 2 heterocycles. The standard InChI is InChI=1S/C12H22N6/c1-10-11(16-13)14-9-15-12(10)17(2)7-8-18-5-3-4-6-18/h9H,3-8,13H2,1-2H3,(H,14,15,16). The first-order valence-electron chi connectivity index (χ1n) is 6.44. The Morgan fingerprint density at radius 3 is 2.78 bits per heavy atom. The summed E-state index contributed by atoms with van der Waals surface area (Å²) < 4.78 is 0. The van der Waals surface area contributed by atoms with Crippen LogP contribution in [0.3, 0.4) is 0 Å². The zero-order chi connectivity index (χ0) is 13.0. The van der Waals surface area contributed by atoms with Gasteiger partial charge in [-0.2, -0.15) is 0 Å². The molecule has 1 aromatic heterocycles. The topological polar surface area (TPSA) is 70.3 Å². The van der Waals surface area contributed by atoms with Crippen molar-refractivity contribution >= 4 is 11.6 Å². The summed E-state index contributed by atoms with van der Waals surface area (Å²) >= 11 is 0. The van der Waals surface area contributed by atoms with Gasteiger partial charge in [0, 0.05) is 25.7 Å². The van der Waals surface area contributed by atoms with Crippen molar-refractivity contribution in [2.45, 2.75) is 19.8 Å². The summed E-state index contributed by atoms with van der Waals surface area (Å²) in [4.78, 5) is 13.1. The van der Waals surface area contributed by atoms with Crippen LogP contribution >= 0.6 is 0 Å². The summed E-state index contributed by atoms with van der Waals surface area (Å²) in [5.41, 5.74) is 3.59. The maximum Gasteiger partial charge on any atom is 0.148 e. The zero-order valence-corrected chi connectivity index (χ0v) is 11.2. The summed E-state index contributed by atoms with van der Waals surface area (Å²) in [5.74, 6) is 7.06. The molecule has 1 aliphatic rings. The molecule has 0 aliphatic carbocycles. The minimum Gasteiger partial charge on any atom is -0.358 e. The van der Waals surface area contributed by atoms with Crippen molar-refractivity contribution in [3.63, 3.8) is 0 Å². The Kier molecular flexibility index (Phi) is 4.33. The molecule has 18 heavy (non-hydrogen) atoms. The Morgan fingerprint density at radius 1 is 1.39 bits per heavy atom. The molecule has 0 aromatic carbocycles. The number of likely N-dealkylation sites (tertiary alicyclic amines) is 1. The Hall–Kier alpha value is -1.40. The lowest BCUT2D eigenvalue weighted by molar-refractivity contribution is 0.346. The molecule has 2 rings (SSSR count). The highest BCUT2D eigenvalue weighted by Crippen LogP contribution is 2.20. The fourth-order valence-corrected chi connectivity index (χ4v) is 2.37. The van der Waals surface area contributed by atoms with Crippen LogP contribution < -0.4 is 16.2 Å². The third-order valence-electron chi connectivity index (χ3n) is 3.51. The van der Waals surface area contributed by atoms with Gasteiger partial charge in [-0.3, -0.25) is 0 Å². The van der Waals surface area contributed by atoms with Crippen LogP contribution in [0.5, 0.6) is 0 Å². The maximum atomic E-state index is 5.43. The van der Waals surface area contributed by atoms with Gasteiger partial charge in [0.25, 0.3) is 0 Å². The van der Waals surface area contributed by atoms with Crippen LogP contribution in [0.1, 0.15) is 18.4 Å². The van der Waals surface area contributed by atoms with Crippen LogP contribution in [0.15, 0.2) is 6.33 Å². The summed E-state index contributed by atoms with van der Waals surface area (Å²) in [6, 6.07) is 0. The molecule has 0 atom stereocenters. The number of hydrogen-bond acceptors (Lipinski definition) is 6. The molecule has 0 spiro atoms. The molecule has 100 valence electrons. The number of rotatable bonds is 5. The number of nitrogens with zero attached hydrogens (tertiary/aromatic N) is 4. The molecular formula is C12H22N6. The van der Waals surface area contributed by atoms with Gasteiger partial charge in [-0.1, -0.05) is 0 Å². The Bertz CT molecular complexity index is 388. The summed E-state index contributed by atoms with van der Waals surface area (Å²) in [7, 11) is 2.06. The largest absolute Gasteiger partial charge is 0.358 e. The van der Waals surface area contributed by atoms with Gasteiger partial charge in [0.05, 0.1) is 0 Å². The lowest BCUT2D eigenvalue weighted by atomic mass is 10.3. The quantitative estimate of drug-likeness (QED) is 0.589. The average molecular weight is 250 g/mol. The van der Waals surface area contributed by atoms with Crippen LogP contribution in [0.25, 0.3) is 0 Å². The van der Waals surface area contributed by atoms with Crippen molar-refractivity contribution in [1.82, 2.24) is 14.9 Å². The first kappa shape index (κ1) is 13.0. The number of hydrazine groups is 1. The minimum atomic E-state index is 0.688. The fourth-order valence-electron chi connectivity index (χ4n) is 2.37. The van der Waals surface area contributed by atoms with Crippen molar-refractivity contribution in [2.24, 2.45) is 5.84 Å². The van der Waals surface area contributed by atoms with E-state index in [1.165, 1.54) is 25.9 Å². The number of anilines is 2. The predicted octanol–water partition coefficient (Wildman–Crippen LogP) is 0.603. The first-order valence-corrected chi connectivity index (χ1v) is 6.44. The van der Waals surface area contributed by atoms with Gasteiger partial charge in [0.1, 0.15) is 18.0 Å². The zero-order valence-electron chi connectivity index (χ0n) is 11.2. The number of aromatic nitrogens is 2. The molecule has 0 bridgehead atoms. The Balaban J connectivity index is 1.97. The van der Waals surface area contributed by atoms with E-state index in [9.17, 15) is 0 Å². The van der Waals surface area contributed by atoms with Crippen LogP contribution in [0, 0.1) is 6.92 Å². The SMILES string of the molecule is Cc1c(NN)ncnc1N(C)CCN1CCCC1. The van der Waals surface area contributed by atoms with E-state index in [1.54, 1.807) is 6.33 Å². The number of likely N-dealkylation sites (N-methyl/N-ethyl adjacent to an activating group) is 1. The Labute approximate surface area is 108 Å². The van der Waals surface area contributed by atoms with E-state index in [1.807, 2.05) is 6.92 Å². The molecule has 6 nitrogen and oxygen atoms in total. The summed E-state index contributed by atoms with van der Waals surface area (Å²) in [6.07, 6.45) is 4.21. The highest BCUT2D eigenvalue weighted by molar-refractivity contribution is 5.56. The normalized spacial score (nSPS) is 15.9. The first-order chi connectivity index (χ1) is 8.72. The molecule has 1 saturated heterocycles. The summed E-state index contributed by atoms with van der Waals surface area (Å²) in [5, 5.41) is 0. The second-order valence-corrected chi connectivity index (χ2v) is 4.79. The van der Waals surface area contributed by atoms with E-state index in [0.717, 1.165) is 24.5 Å². The number of nitrogens with one attached hydrogen (secondary N) is 1. The van der Waals surface area contributed by atoms with Crippen molar-refractivity contribution in [1.29, 1.82) is 0 Å². The second kappa shape index (κ2) is 5.97. The van der Waals surface area contributed by atoms with E-state index in [2.05, 4.69) is 32.2 Å². The lowest BCUT2D eigenvalue weighted by Crippen LogP contribution is -2.32. The smallest absolute Gasteiger partial charge is 0.148 e. The van der Waals surface area contributed by atoms with Crippen LogP contribution in [0.4, 0.5) is 11.6 Å². The molecule has 0 saturated carbocycles. The molecule has 0 radical (unpaired) electrons. The van der Waals surface area contributed by atoms with Crippen molar-refractivity contribution < 1.29 is 0 Å². The van der Waals surface area contributed by atoms with E-state index < -0.39 is 0 Å². The van der Waals surface area contributed by atoms with E-state index in [0.29, 0.717) is 5.82 Å². The molecule has 0 amide bonds. The van der Waals surface area contributed by atoms with E-state index in [-0.39, 0.29) is 0 Å². The highest BCUT2D eigenvalue weighted by atomic mass is 15.3. The van der Waals surface area contributed by atoms with Gasteiger partial charge >= 0.3 is 0 Å². The molecule has 1 aliphatic heterocycles. The number of nitrogen functional groups attached to an aromatic ring is 1. The molecule has 3 N–H and O–H groups in total. The van der Waals surface area contributed by atoms with Gasteiger partial charge in [0.2, 0.25) is 0 Å². The van der Waals surface area contributed by atoms with Crippen molar-refractivity contribution in [3.8, 4) is 0 Å². The van der Waals surface area contributed by atoms with Crippen molar-refractivity contribution in [3.05, 3.63) is 11.9 Å². The maximum absolute atomic E-state index is 5.43. The molecule has 1 aromatic rings. The molecule has 1 fully saturated rings. The van der Waals surface area contributed by atoms with Gasteiger partial charge in [-0.15, -0.1) is 0 Å². The lowest BCUT2D eigenvalue weighted by Gasteiger charge is -2.23. The van der Waals surface area contributed by atoms with Crippen LogP contribution in [-0.2, 0) is 0 Å².